The van der Waals surface area contributed by atoms with Crippen LogP contribution in [0.15, 0.2) is 29.4 Å². The van der Waals surface area contributed by atoms with E-state index in [2.05, 4.69) is 15.6 Å². The molecule has 1 aromatic heterocycles. The molecule has 0 saturated heterocycles. The summed E-state index contributed by atoms with van der Waals surface area (Å²) in [6.07, 6.45) is 0. The molecule has 0 radical (unpaired) electrons. The van der Waals surface area contributed by atoms with Gasteiger partial charge in [-0.2, -0.15) is 15.5 Å². The second-order valence-corrected chi connectivity index (χ2v) is 4.97. The molecule has 0 fully saturated rings. The van der Waals surface area contributed by atoms with E-state index >= 15 is 0 Å². The number of nitrogens with zero attached hydrogens (tertiary/aromatic N) is 4. The van der Waals surface area contributed by atoms with E-state index in [4.69, 9.17) is 16.4 Å². The molecule has 1 aromatic carbocycles. The summed E-state index contributed by atoms with van der Waals surface area (Å²) < 4.78 is 1.54. The van der Waals surface area contributed by atoms with Crippen LogP contribution in [-0.2, 0) is 0 Å². The SMILES string of the molecule is Cc1cc(C)n(-c2ccc(N/N=C(\C#N)C(=N)N)cc2C(=O)O)n1. The highest BCUT2D eigenvalue weighted by Crippen LogP contribution is 2.21. The Morgan fingerprint density at radius 3 is 2.67 bits per heavy atom. The molecule has 0 aliphatic heterocycles. The smallest absolute Gasteiger partial charge is 0.337 e. The molecular weight excluding hydrogens is 310 g/mol. The zero-order valence-electron chi connectivity index (χ0n) is 13.0. The Morgan fingerprint density at radius 2 is 2.17 bits per heavy atom. The maximum Gasteiger partial charge on any atom is 0.337 e. The van der Waals surface area contributed by atoms with E-state index in [1.54, 1.807) is 22.9 Å². The van der Waals surface area contributed by atoms with Gasteiger partial charge in [0.2, 0.25) is 5.71 Å². The van der Waals surface area contributed by atoms with Crippen LogP contribution in [0.1, 0.15) is 21.7 Å². The molecule has 1 heterocycles. The minimum Gasteiger partial charge on any atom is -0.478 e. The van der Waals surface area contributed by atoms with Gasteiger partial charge in [0.25, 0.3) is 0 Å². The number of amidine groups is 1. The lowest BCUT2D eigenvalue weighted by Gasteiger charge is -2.10. The number of aryl methyl sites for hydroxylation is 2. The number of carbonyl (C=O) groups is 1. The molecular formula is C15H15N7O2. The third-order valence-electron chi connectivity index (χ3n) is 3.12. The molecule has 0 unspecified atom stereocenters. The van der Waals surface area contributed by atoms with Gasteiger partial charge in [-0.05, 0) is 38.1 Å². The van der Waals surface area contributed by atoms with Crippen LogP contribution in [0.25, 0.3) is 5.69 Å². The molecule has 0 atom stereocenters. The third kappa shape index (κ3) is 3.38. The first-order valence-corrected chi connectivity index (χ1v) is 6.82. The monoisotopic (exact) mass is 325 g/mol. The fraction of sp³-hybridized carbons (Fsp3) is 0.133. The lowest BCUT2D eigenvalue weighted by molar-refractivity contribution is 0.0697. The van der Waals surface area contributed by atoms with Crippen LogP contribution >= 0.6 is 0 Å². The van der Waals surface area contributed by atoms with Crippen LogP contribution in [-0.4, -0.2) is 32.4 Å². The van der Waals surface area contributed by atoms with Crippen molar-refractivity contribution in [2.24, 2.45) is 10.8 Å². The Bertz CT molecular complexity index is 890. The van der Waals surface area contributed by atoms with E-state index in [1.165, 1.54) is 6.07 Å². The summed E-state index contributed by atoms with van der Waals surface area (Å²) in [5.41, 5.74) is 9.76. The number of nitrogens with two attached hydrogens (primary N) is 1. The number of rotatable bonds is 5. The summed E-state index contributed by atoms with van der Waals surface area (Å²) >= 11 is 0. The first-order valence-electron chi connectivity index (χ1n) is 6.82. The number of hydrogen-bond acceptors (Lipinski definition) is 6. The topological polar surface area (TPSA) is 153 Å². The number of nitriles is 1. The fourth-order valence-electron chi connectivity index (χ4n) is 2.10. The maximum absolute atomic E-state index is 11.6. The Labute approximate surface area is 137 Å². The van der Waals surface area contributed by atoms with Crippen LogP contribution in [0, 0.1) is 30.6 Å². The number of hydrazone groups is 1. The van der Waals surface area contributed by atoms with Crippen molar-refractivity contribution in [2.75, 3.05) is 5.43 Å². The van der Waals surface area contributed by atoms with E-state index in [-0.39, 0.29) is 11.3 Å². The lowest BCUT2D eigenvalue weighted by atomic mass is 10.1. The summed E-state index contributed by atoms with van der Waals surface area (Å²) in [7, 11) is 0. The molecule has 0 aliphatic carbocycles. The van der Waals surface area contributed by atoms with Crippen LogP contribution < -0.4 is 11.2 Å². The predicted molar refractivity (Wildman–Crippen MR) is 88.6 cm³/mol. The quantitative estimate of drug-likeness (QED) is 0.370. The number of carboxylic acid groups (broad SMARTS) is 1. The van der Waals surface area contributed by atoms with Gasteiger partial charge < -0.3 is 10.8 Å². The minimum absolute atomic E-state index is 0.0164. The molecule has 0 aliphatic rings. The second kappa shape index (κ2) is 6.62. The molecule has 122 valence electrons. The zero-order chi connectivity index (χ0) is 17.9. The van der Waals surface area contributed by atoms with Gasteiger partial charge in [0, 0.05) is 5.69 Å². The number of carboxylic acids is 1. The third-order valence-corrected chi connectivity index (χ3v) is 3.12. The first kappa shape index (κ1) is 16.7. The lowest BCUT2D eigenvalue weighted by Crippen LogP contribution is -2.21. The van der Waals surface area contributed by atoms with Crippen molar-refractivity contribution in [3.8, 4) is 11.8 Å². The average Bonchev–Trinajstić information content (AvgIpc) is 2.85. The molecule has 9 heteroatoms. The minimum atomic E-state index is -1.13. The molecule has 2 rings (SSSR count). The molecule has 0 saturated carbocycles. The standard InChI is InChI=1S/C15H15N7O2/c1-8-5-9(2)22(21-8)13-4-3-10(6-11(13)15(23)24)19-20-12(7-16)14(17)18/h3-6,19H,1-2H3,(H3,17,18)(H,23,24)/b20-12+. The van der Waals surface area contributed by atoms with Crippen molar-refractivity contribution in [2.45, 2.75) is 13.8 Å². The van der Waals surface area contributed by atoms with Crippen molar-refractivity contribution in [3.63, 3.8) is 0 Å². The van der Waals surface area contributed by atoms with Crippen molar-refractivity contribution >= 4 is 23.2 Å². The molecule has 0 amide bonds. The van der Waals surface area contributed by atoms with Crippen molar-refractivity contribution in [3.05, 3.63) is 41.2 Å². The maximum atomic E-state index is 11.6. The largest absolute Gasteiger partial charge is 0.478 e. The normalized spacial score (nSPS) is 11.0. The molecule has 9 nitrogen and oxygen atoms in total. The van der Waals surface area contributed by atoms with Crippen LogP contribution in [0.2, 0.25) is 0 Å². The number of anilines is 1. The molecule has 0 spiro atoms. The second-order valence-electron chi connectivity index (χ2n) is 4.97. The van der Waals surface area contributed by atoms with E-state index in [0.717, 1.165) is 11.4 Å². The van der Waals surface area contributed by atoms with Crippen LogP contribution in [0.3, 0.4) is 0 Å². The number of hydrogen-bond donors (Lipinski definition) is 4. The highest BCUT2D eigenvalue weighted by atomic mass is 16.4. The average molecular weight is 325 g/mol. The summed E-state index contributed by atoms with van der Waals surface area (Å²) in [5.74, 6) is -1.61. The van der Waals surface area contributed by atoms with Gasteiger partial charge in [0.05, 0.1) is 22.6 Å². The molecule has 24 heavy (non-hydrogen) atoms. The Morgan fingerprint density at radius 1 is 1.46 bits per heavy atom. The molecule has 5 N–H and O–H groups in total. The highest BCUT2D eigenvalue weighted by molar-refractivity contribution is 6.45. The zero-order valence-corrected chi connectivity index (χ0v) is 13.0. The van der Waals surface area contributed by atoms with Gasteiger partial charge in [-0.1, -0.05) is 0 Å². The number of nitrogens with one attached hydrogen (secondary N) is 2. The van der Waals surface area contributed by atoms with Crippen molar-refractivity contribution in [1.29, 1.82) is 10.7 Å². The summed E-state index contributed by atoms with van der Waals surface area (Å²) in [4.78, 5) is 11.6. The van der Waals surface area contributed by atoms with E-state index in [1.807, 2.05) is 19.9 Å². The molecule has 0 bridgehead atoms. The first-order chi connectivity index (χ1) is 11.3. The van der Waals surface area contributed by atoms with E-state index in [0.29, 0.717) is 11.4 Å². The number of aromatic carboxylic acids is 1. The van der Waals surface area contributed by atoms with Gasteiger partial charge in [-0.25, -0.2) is 9.48 Å². The fourth-order valence-corrected chi connectivity index (χ4v) is 2.10. The Kier molecular flexibility index (Phi) is 4.60. The molecule has 2 aromatic rings. The highest BCUT2D eigenvalue weighted by Gasteiger charge is 2.15. The van der Waals surface area contributed by atoms with Crippen LogP contribution in [0.4, 0.5) is 5.69 Å². The van der Waals surface area contributed by atoms with Gasteiger partial charge in [0.1, 0.15) is 6.07 Å². The van der Waals surface area contributed by atoms with Gasteiger partial charge in [-0.3, -0.25) is 10.8 Å². The van der Waals surface area contributed by atoms with E-state index in [9.17, 15) is 9.90 Å². The van der Waals surface area contributed by atoms with Gasteiger partial charge in [0.15, 0.2) is 5.84 Å². The van der Waals surface area contributed by atoms with Crippen molar-refractivity contribution in [1.82, 2.24) is 9.78 Å². The van der Waals surface area contributed by atoms with Gasteiger partial charge in [-0.15, -0.1) is 0 Å². The van der Waals surface area contributed by atoms with E-state index < -0.39 is 11.8 Å². The Hall–Kier alpha value is -3.67. The number of benzene rings is 1. The Balaban J connectivity index is 2.45. The number of aromatic nitrogens is 2. The summed E-state index contributed by atoms with van der Waals surface area (Å²) in [5, 5.41) is 33.4. The summed E-state index contributed by atoms with van der Waals surface area (Å²) in [6.45, 7) is 3.65. The van der Waals surface area contributed by atoms with Gasteiger partial charge >= 0.3 is 5.97 Å². The predicted octanol–water partition coefficient (Wildman–Crippen LogP) is 1.41. The van der Waals surface area contributed by atoms with Crippen molar-refractivity contribution < 1.29 is 9.90 Å². The summed E-state index contributed by atoms with van der Waals surface area (Å²) in [6, 6.07) is 8.05. The van der Waals surface area contributed by atoms with Crippen LogP contribution in [0.5, 0.6) is 0 Å².